The Labute approximate surface area is 181 Å². The summed E-state index contributed by atoms with van der Waals surface area (Å²) < 4.78 is 40.4. The van der Waals surface area contributed by atoms with Crippen LogP contribution >= 0.6 is 0 Å². The summed E-state index contributed by atoms with van der Waals surface area (Å²) in [6, 6.07) is 8.96. The van der Waals surface area contributed by atoms with Crippen LogP contribution in [0.4, 0.5) is 18.9 Å². The number of amides is 1. The van der Waals surface area contributed by atoms with Gasteiger partial charge in [-0.1, -0.05) is 0 Å². The van der Waals surface area contributed by atoms with E-state index in [0.29, 0.717) is 29.0 Å². The standard InChI is InChI=1S/C23H18F3N5O/c1-13-9-14(21-27-11-16-10-17(23(24,25)26)4-5-18(16)29-21)3-6-19(13)31-8-7-15-12-28-30(2)20(15)22(31)32/h3-6,9-12H,7-8H2,1-2H3. The lowest BCUT2D eigenvalue weighted by Gasteiger charge is -2.28. The van der Waals surface area contributed by atoms with Crippen LogP contribution in [0.2, 0.25) is 0 Å². The first kappa shape index (κ1) is 20.2. The molecule has 1 amide bonds. The lowest BCUT2D eigenvalue weighted by Crippen LogP contribution is -2.39. The molecule has 0 aliphatic carbocycles. The third kappa shape index (κ3) is 3.30. The number of aromatic nitrogens is 4. The Kier molecular flexibility index (Phi) is 4.51. The van der Waals surface area contributed by atoms with E-state index >= 15 is 0 Å². The van der Waals surface area contributed by atoms with E-state index in [1.54, 1.807) is 22.8 Å². The van der Waals surface area contributed by atoms with Gasteiger partial charge in [-0.05, 0) is 55.3 Å². The minimum atomic E-state index is -4.41. The van der Waals surface area contributed by atoms with Crippen molar-refractivity contribution in [2.45, 2.75) is 19.5 Å². The van der Waals surface area contributed by atoms with Gasteiger partial charge in [-0.3, -0.25) is 9.48 Å². The predicted octanol–water partition coefficient (Wildman–Crippen LogP) is 4.56. The zero-order valence-corrected chi connectivity index (χ0v) is 17.3. The minimum Gasteiger partial charge on any atom is -0.306 e. The maximum atomic E-state index is 13.0. The van der Waals surface area contributed by atoms with Crippen molar-refractivity contribution in [3.05, 3.63) is 71.2 Å². The number of fused-ring (bicyclic) bond motifs is 2. The molecule has 0 atom stereocenters. The van der Waals surface area contributed by atoms with Crippen LogP contribution in [0, 0.1) is 6.92 Å². The SMILES string of the molecule is Cc1cc(-c2ncc3cc(C(F)(F)F)ccc3n2)ccc1N1CCc2cnn(C)c2C1=O. The summed E-state index contributed by atoms with van der Waals surface area (Å²) in [5, 5.41) is 4.51. The normalized spacial score (nSPS) is 14.2. The Morgan fingerprint density at radius 1 is 1.06 bits per heavy atom. The van der Waals surface area contributed by atoms with Gasteiger partial charge in [-0.25, -0.2) is 9.97 Å². The average Bonchev–Trinajstić information content (AvgIpc) is 3.14. The van der Waals surface area contributed by atoms with Crippen molar-refractivity contribution in [1.29, 1.82) is 0 Å². The molecule has 0 radical (unpaired) electrons. The highest BCUT2D eigenvalue weighted by Crippen LogP contribution is 2.32. The maximum absolute atomic E-state index is 13.0. The molecule has 32 heavy (non-hydrogen) atoms. The molecule has 3 heterocycles. The number of hydrogen-bond acceptors (Lipinski definition) is 4. The molecule has 1 aliphatic rings. The first-order valence-corrected chi connectivity index (χ1v) is 10.00. The summed E-state index contributed by atoms with van der Waals surface area (Å²) in [6.07, 6.45) is -0.560. The fraction of sp³-hybridized carbons (Fsp3) is 0.217. The molecule has 0 saturated heterocycles. The lowest BCUT2D eigenvalue weighted by atomic mass is 10.0. The van der Waals surface area contributed by atoms with E-state index in [4.69, 9.17) is 0 Å². The minimum absolute atomic E-state index is 0.0930. The Morgan fingerprint density at radius 2 is 1.88 bits per heavy atom. The molecule has 2 aromatic carbocycles. The molecule has 2 aromatic heterocycles. The molecule has 0 saturated carbocycles. The predicted molar refractivity (Wildman–Crippen MR) is 113 cm³/mol. The molecule has 0 unspecified atom stereocenters. The summed E-state index contributed by atoms with van der Waals surface area (Å²) in [6.45, 7) is 2.47. The molecule has 4 aromatic rings. The van der Waals surface area contributed by atoms with Gasteiger partial charge in [0, 0.05) is 42.0 Å². The molecule has 0 N–H and O–H groups in total. The lowest BCUT2D eigenvalue weighted by molar-refractivity contribution is -0.137. The smallest absolute Gasteiger partial charge is 0.306 e. The van der Waals surface area contributed by atoms with Crippen molar-refractivity contribution in [2.75, 3.05) is 11.4 Å². The number of carbonyl (C=O) groups excluding carboxylic acids is 1. The van der Waals surface area contributed by atoms with Crippen LogP contribution < -0.4 is 4.90 Å². The van der Waals surface area contributed by atoms with Gasteiger partial charge in [0.15, 0.2) is 5.82 Å². The van der Waals surface area contributed by atoms with Gasteiger partial charge in [0.25, 0.3) is 5.91 Å². The van der Waals surface area contributed by atoms with E-state index in [1.807, 2.05) is 25.1 Å². The summed E-state index contributed by atoms with van der Waals surface area (Å²) in [5.74, 6) is 0.315. The van der Waals surface area contributed by atoms with E-state index in [1.165, 1.54) is 12.3 Å². The number of nitrogens with zero attached hydrogens (tertiary/aromatic N) is 5. The quantitative estimate of drug-likeness (QED) is 0.461. The Hall–Kier alpha value is -3.75. The molecule has 162 valence electrons. The second-order valence-corrected chi connectivity index (χ2v) is 7.82. The number of aryl methyl sites for hydroxylation is 2. The van der Waals surface area contributed by atoms with Gasteiger partial charge in [0.1, 0.15) is 5.69 Å². The summed E-state index contributed by atoms with van der Waals surface area (Å²) in [4.78, 5) is 23.4. The zero-order chi connectivity index (χ0) is 22.6. The first-order chi connectivity index (χ1) is 15.2. The second kappa shape index (κ2) is 7.15. The number of anilines is 1. The van der Waals surface area contributed by atoms with Crippen molar-refractivity contribution < 1.29 is 18.0 Å². The molecule has 5 rings (SSSR count). The highest BCUT2D eigenvalue weighted by Gasteiger charge is 2.31. The van der Waals surface area contributed by atoms with E-state index in [9.17, 15) is 18.0 Å². The van der Waals surface area contributed by atoms with Gasteiger partial charge in [0.05, 0.1) is 17.3 Å². The van der Waals surface area contributed by atoms with Gasteiger partial charge in [-0.15, -0.1) is 0 Å². The topological polar surface area (TPSA) is 63.9 Å². The molecule has 0 bridgehead atoms. The number of halogens is 3. The molecule has 6 nitrogen and oxygen atoms in total. The van der Waals surface area contributed by atoms with E-state index in [2.05, 4.69) is 15.1 Å². The van der Waals surface area contributed by atoms with Crippen molar-refractivity contribution in [2.24, 2.45) is 7.05 Å². The maximum Gasteiger partial charge on any atom is 0.416 e. The number of rotatable bonds is 2. The fourth-order valence-corrected chi connectivity index (χ4v) is 4.08. The number of carbonyl (C=O) groups is 1. The van der Waals surface area contributed by atoms with Gasteiger partial charge in [0.2, 0.25) is 0 Å². The van der Waals surface area contributed by atoms with E-state index < -0.39 is 11.7 Å². The summed E-state index contributed by atoms with van der Waals surface area (Å²) in [7, 11) is 1.75. The van der Waals surface area contributed by atoms with Crippen LogP contribution in [0.5, 0.6) is 0 Å². The van der Waals surface area contributed by atoms with Crippen LogP contribution in [-0.2, 0) is 19.6 Å². The van der Waals surface area contributed by atoms with Crippen LogP contribution in [0.25, 0.3) is 22.3 Å². The van der Waals surface area contributed by atoms with E-state index in [-0.39, 0.29) is 5.91 Å². The Bertz CT molecular complexity index is 1380. The van der Waals surface area contributed by atoms with Crippen molar-refractivity contribution in [1.82, 2.24) is 19.7 Å². The number of alkyl halides is 3. The van der Waals surface area contributed by atoms with Crippen LogP contribution in [0.3, 0.4) is 0 Å². The van der Waals surface area contributed by atoms with Gasteiger partial charge >= 0.3 is 6.18 Å². The summed E-state index contributed by atoms with van der Waals surface area (Å²) in [5.41, 5.74) is 3.62. The van der Waals surface area contributed by atoms with Crippen molar-refractivity contribution in [3.8, 4) is 11.4 Å². The van der Waals surface area contributed by atoms with Crippen LogP contribution in [0.1, 0.15) is 27.2 Å². The van der Waals surface area contributed by atoms with Gasteiger partial charge in [-0.2, -0.15) is 18.3 Å². The largest absolute Gasteiger partial charge is 0.416 e. The number of benzene rings is 2. The third-order valence-corrected chi connectivity index (χ3v) is 5.72. The van der Waals surface area contributed by atoms with Crippen LogP contribution in [0.15, 0.2) is 48.8 Å². The van der Waals surface area contributed by atoms with Crippen molar-refractivity contribution >= 4 is 22.5 Å². The third-order valence-electron chi connectivity index (χ3n) is 5.72. The second-order valence-electron chi connectivity index (χ2n) is 7.82. The molecule has 9 heteroatoms. The molecule has 1 aliphatic heterocycles. The number of hydrogen-bond donors (Lipinski definition) is 0. The molecular formula is C23H18F3N5O. The van der Waals surface area contributed by atoms with Crippen LogP contribution in [-0.4, -0.2) is 32.2 Å². The highest BCUT2D eigenvalue weighted by atomic mass is 19.4. The monoisotopic (exact) mass is 437 g/mol. The first-order valence-electron chi connectivity index (χ1n) is 10.00. The van der Waals surface area contributed by atoms with E-state index in [0.717, 1.165) is 40.9 Å². The van der Waals surface area contributed by atoms with Crippen molar-refractivity contribution in [3.63, 3.8) is 0 Å². The highest BCUT2D eigenvalue weighted by molar-refractivity contribution is 6.07. The average molecular weight is 437 g/mol. The zero-order valence-electron chi connectivity index (χ0n) is 17.3. The summed E-state index contributed by atoms with van der Waals surface area (Å²) >= 11 is 0. The Balaban J connectivity index is 1.47. The molecule has 0 spiro atoms. The fourth-order valence-electron chi connectivity index (χ4n) is 4.08. The molecule has 0 fully saturated rings. The molecular weight excluding hydrogens is 419 g/mol. The Morgan fingerprint density at radius 3 is 2.62 bits per heavy atom. The van der Waals surface area contributed by atoms with Gasteiger partial charge < -0.3 is 4.90 Å².